The molecule has 0 aliphatic heterocycles. The zero-order chi connectivity index (χ0) is 19.5. The number of benzene rings is 2. The van der Waals surface area contributed by atoms with E-state index in [2.05, 4.69) is 10.6 Å². The molecule has 0 aliphatic carbocycles. The van der Waals surface area contributed by atoms with Crippen molar-refractivity contribution in [1.29, 1.82) is 0 Å². The fraction of sp³-hybridized carbons (Fsp3) is 0.238. The Balaban J connectivity index is 1.84. The Morgan fingerprint density at radius 2 is 1.82 bits per heavy atom. The summed E-state index contributed by atoms with van der Waals surface area (Å²) in [6, 6.07) is 13.2. The minimum atomic E-state index is -0.0162. The Labute approximate surface area is 171 Å². The number of aromatic nitrogens is 1. The van der Waals surface area contributed by atoms with E-state index < -0.39 is 0 Å². The third-order valence-corrected chi connectivity index (χ3v) is 6.27. The van der Waals surface area contributed by atoms with E-state index in [-0.39, 0.29) is 12.0 Å². The number of pyridine rings is 1. The largest absolute Gasteiger partial charge is 0.395 e. The lowest BCUT2D eigenvalue weighted by Gasteiger charge is -2.12. The van der Waals surface area contributed by atoms with Gasteiger partial charge in [0.1, 0.15) is 5.82 Å². The van der Waals surface area contributed by atoms with Crippen LogP contribution in [-0.2, 0) is 0 Å². The quantitative estimate of drug-likeness (QED) is 0.242. The van der Waals surface area contributed by atoms with Crippen LogP contribution in [0.5, 0.6) is 0 Å². The number of halogens is 1. The van der Waals surface area contributed by atoms with Crippen molar-refractivity contribution in [1.82, 2.24) is 10.3 Å². The van der Waals surface area contributed by atoms with Gasteiger partial charge in [0.05, 0.1) is 31.9 Å². The third kappa shape index (κ3) is 3.56. The molecule has 0 atom stereocenters. The van der Waals surface area contributed by atoms with Crippen molar-refractivity contribution in [3.05, 3.63) is 57.7 Å². The Morgan fingerprint density at radius 3 is 2.68 bits per heavy atom. The van der Waals surface area contributed by atoms with Crippen LogP contribution in [0.1, 0.15) is 6.42 Å². The van der Waals surface area contributed by atoms with Crippen LogP contribution >= 0.6 is 22.9 Å². The number of rotatable bonds is 7. The molecular weight excluding hydrogens is 394 g/mol. The van der Waals surface area contributed by atoms with E-state index >= 15 is 0 Å². The Bertz CT molecular complexity index is 1210. The first-order chi connectivity index (χ1) is 13.7. The summed E-state index contributed by atoms with van der Waals surface area (Å²) < 4.78 is 1.61. The number of hydrogen-bond donors (Lipinski definition) is 3. The second-order valence-electron chi connectivity index (χ2n) is 6.48. The van der Waals surface area contributed by atoms with E-state index in [9.17, 15) is 4.79 Å². The number of para-hydroxylation sites is 1. The maximum Gasteiger partial charge on any atom is 0.196 e. The van der Waals surface area contributed by atoms with Gasteiger partial charge in [-0.2, -0.15) is 0 Å². The molecule has 0 aliphatic rings. The van der Waals surface area contributed by atoms with Crippen molar-refractivity contribution in [3.63, 3.8) is 0 Å². The molecule has 28 heavy (non-hydrogen) atoms. The van der Waals surface area contributed by atoms with Crippen molar-refractivity contribution in [3.8, 4) is 0 Å². The smallest absolute Gasteiger partial charge is 0.196 e. The summed E-state index contributed by atoms with van der Waals surface area (Å²) in [5.41, 5.74) is 0.777. The predicted octanol–water partition coefficient (Wildman–Crippen LogP) is 4.00. The minimum Gasteiger partial charge on any atom is -0.395 e. The lowest BCUT2D eigenvalue weighted by atomic mass is 10.1. The van der Waals surface area contributed by atoms with Gasteiger partial charge in [-0.3, -0.25) is 4.79 Å². The van der Waals surface area contributed by atoms with E-state index in [0.29, 0.717) is 34.7 Å². The Hall–Kier alpha value is -2.25. The minimum absolute atomic E-state index is 0.0162. The molecule has 0 unspecified atom stereocenters. The van der Waals surface area contributed by atoms with Crippen molar-refractivity contribution in [2.24, 2.45) is 0 Å². The number of fused-ring (bicyclic) bond motifs is 4. The van der Waals surface area contributed by atoms with E-state index in [0.717, 1.165) is 33.3 Å². The Kier molecular flexibility index (Phi) is 5.73. The van der Waals surface area contributed by atoms with Crippen LogP contribution in [0.2, 0.25) is 5.02 Å². The highest BCUT2D eigenvalue weighted by Crippen LogP contribution is 2.36. The van der Waals surface area contributed by atoms with Crippen molar-refractivity contribution < 1.29 is 5.11 Å². The number of nitrogens with zero attached hydrogens (tertiary/aromatic N) is 1. The second-order valence-corrected chi connectivity index (χ2v) is 7.91. The SMILES string of the molecule is O=c1c2cccc(Cl)c2sc2c(NCCCNCCO)nc3ccccc3c12. The summed E-state index contributed by atoms with van der Waals surface area (Å²) in [6.45, 7) is 2.22. The molecule has 0 amide bonds. The molecule has 0 fully saturated rings. The van der Waals surface area contributed by atoms with E-state index in [4.69, 9.17) is 21.7 Å². The van der Waals surface area contributed by atoms with Crippen LogP contribution in [0.15, 0.2) is 47.3 Å². The van der Waals surface area contributed by atoms with Gasteiger partial charge in [-0.1, -0.05) is 35.9 Å². The molecule has 0 radical (unpaired) electrons. The van der Waals surface area contributed by atoms with Crippen LogP contribution in [0.4, 0.5) is 5.82 Å². The van der Waals surface area contributed by atoms with Gasteiger partial charge in [0, 0.05) is 23.9 Å². The molecule has 4 rings (SSSR count). The van der Waals surface area contributed by atoms with Crippen LogP contribution in [0.3, 0.4) is 0 Å². The first-order valence-electron chi connectivity index (χ1n) is 9.20. The second kappa shape index (κ2) is 8.41. The number of nitrogens with one attached hydrogen (secondary N) is 2. The molecule has 2 heterocycles. The summed E-state index contributed by atoms with van der Waals surface area (Å²) >= 11 is 7.88. The number of aliphatic hydroxyl groups excluding tert-OH is 1. The lowest BCUT2D eigenvalue weighted by Crippen LogP contribution is -2.21. The molecule has 7 heteroatoms. The molecule has 5 nitrogen and oxygen atoms in total. The Morgan fingerprint density at radius 1 is 1.00 bits per heavy atom. The molecule has 144 valence electrons. The number of aliphatic hydroxyl groups is 1. The summed E-state index contributed by atoms with van der Waals surface area (Å²) in [5.74, 6) is 0.708. The van der Waals surface area contributed by atoms with E-state index in [1.54, 1.807) is 6.07 Å². The summed E-state index contributed by atoms with van der Waals surface area (Å²) in [6.07, 6.45) is 0.874. The highest BCUT2D eigenvalue weighted by atomic mass is 35.5. The fourth-order valence-corrected chi connectivity index (χ4v) is 4.74. The van der Waals surface area contributed by atoms with Crippen molar-refractivity contribution in [2.75, 3.05) is 31.6 Å². The van der Waals surface area contributed by atoms with Gasteiger partial charge in [-0.25, -0.2) is 4.98 Å². The van der Waals surface area contributed by atoms with Crippen LogP contribution < -0.4 is 16.1 Å². The highest BCUT2D eigenvalue weighted by Gasteiger charge is 2.15. The molecule has 0 spiro atoms. The highest BCUT2D eigenvalue weighted by molar-refractivity contribution is 7.25. The van der Waals surface area contributed by atoms with E-state index in [1.807, 2.05) is 36.4 Å². The number of hydrogen-bond acceptors (Lipinski definition) is 6. The first-order valence-corrected chi connectivity index (χ1v) is 10.4. The third-order valence-electron chi connectivity index (χ3n) is 4.60. The average molecular weight is 414 g/mol. The zero-order valence-electron chi connectivity index (χ0n) is 15.2. The monoisotopic (exact) mass is 413 g/mol. The first kappa shape index (κ1) is 19.1. The van der Waals surface area contributed by atoms with Crippen LogP contribution in [0, 0.1) is 0 Å². The van der Waals surface area contributed by atoms with Crippen molar-refractivity contribution in [2.45, 2.75) is 6.42 Å². The van der Waals surface area contributed by atoms with Gasteiger partial charge in [0.2, 0.25) is 0 Å². The molecule has 3 N–H and O–H groups in total. The maximum absolute atomic E-state index is 13.3. The van der Waals surface area contributed by atoms with Gasteiger partial charge < -0.3 is 15.7 Å². The average Bonchev–Trinajstić information content (AvgIpc) is 2.71. The van der Waals surface area contributed by atoms with Gasteiger partial charge in [-0.05, 0) is 31.2 Å². The van der Waals surface area contributed by atoms with Gasteiger partial charge in [0.25, 0.3) is 0 Å². The molecule has 0 saturated carbocycles. The molecule has 0 bridgehead atoms. The summed E-state index contributed by atoms with van der Waals surface area (Å²) in [5, 5.41) is 18.1. The topological polar surface area (TPSA) is 74.2 Å². The van der Waals surface area contributed by atoms with Crippen molar-refractivity contribution >= 4 is 59.8 Å². The molecule has 2 aromatic carbocycles. The fourth-order valence-electron chi connectivity index (χ4n) is 3.29. The van der Waals surface area contributed by atoms with E-state index in [1.165, 1.54) is 11.3 Å². The molecule has 2 aromatic heterocycles. The normalized spacial score (nSPS) is 11.5. The predicted molar refractivity (Wildman–Crippen MR) is 119 cm³/mol. The number of anilines is 1. The molecule has 0 saturated heterocycles. The summed E-state index contributed by atoms with van der Waals surface area (Å²) in [7, 11) is 0. The van der Waals surface area contributed by atoms with Crippen LogP contribution in [0.25, 0.3) is 31.1 Å². The molecule has 4 aromatic rings. The zero-order valence-corrected chi connectivity index (χ0v) is 16.7. The van der Waals surface area contributed by atoms with Gasteiger partial charge in [-0.15, -0.1) is 11.3 Å². The van der Waals surface area contributed by atoms with Gasteiger partial charge in [0.15, 0.2) is 5.43 Å². The van der Waals surface area contributed by atoms with Gasteiger partial charge >= 0.3 is 0 Å². The lowest BCUT2D eigenvalue weighted by molar-refractivity contribution is 0.292. The standard InChI is InChI=1S/C21H20ClN3O2S/c22-15-7-3-6-14-18(27)17-13-5-1-2-8-16(13)25-21(20(17)28-19(14)15)24-10-4-9-23-11-12-26/h1-3,5-8,23,26H,4,9-12H2,(H,24,25). The molecular formula is C21H20ClN3O2S. The maximum atomic E-state index is 13.3. The summed E-state index contributed by atoms with van der Waals surface area (Å²) in [4.78, 5) is 18.1. The van der Waals surface area contributed by atoms with Crippen LogP contribution in [-0.4, -0.2) is 36.3 Å².